The summed E-state index contributed by atoms with van der Waals surface area (Å²) in [6, 6.07) is 23.1. The summed E-state index contributed by atoms with van der Waals surface area (Å²) in [5.41, 5.74) is 8.69. The number of nitrogens with zero attached hydrogens (tertiary/aromatic N) is 3. The third-order valence-electron chi connectivity index (χ3n) is 5.38. The molecule has 7 heteroatoms. The maximum absolute atomic E-state index is 9.78. The molecule has 0 aliphatic heterocycles. The predicted octanol–water partition coefficient (Wildman–Crippen LogP) is 5.21. The van der Waals surface area contributed by atoms with E-state index in [2.05, 4.69) is 39.8 Å². The molecule has 0 aliphatic carbocycles. The van der Waals surface area contributed by atoms with Crippen LogP contribution in [-0.2, 0) is 6.42 Å². The molecule has 172 valence electrons. The van der Waals surface area contributed by atoms with Gasteiger partial charge in [-0.2, -0.15) is 5.10 Å². The molecular formula is C27H26N4O3. The third kappa shape index (κ3) is 5.32. The van der Waals surface area contributed by atoms with Crippen molar-refractivity contribution in [2.24, 2.45) is 5.10 Å². The number of methoxy groups -OCH3 is 2. The Bertz CT molecular complexity index is 1300. The minimum absolute atomic E-state index is 0.0734. The lowest BCUT2D eigenvalue weighted by Gasteiger charge is -2.12. The zero-order valence-corrected chi connectivity index (χ0v) is 19.3. The van der Waals surface area contributed by atoms with E-state index < -0.39 is 0 Å². The minimum atomic E-state index is 0.0734. The van der Waals surface area contributed by atoms with E-state index in [1.165, 1.54) is 12.7 Å². The van der Waals surface area contributed by atoms with Crippen molar-refractivity contribution in [1.82, 2.24) is 10.2 Å². The summed E-state index contributed by atoms with van der Waals surface area (Å²) >= 11 is 0. The van der Waals surface area contributed by atoms with Crippen LogP contribution in [0.1, 0.15) is 22.3 Å². The fourth-order valence-corrected chi connectivity index (χ4v) is 3.52. The van der Waals surface area contributed by atoms with Crippen LogP contribution in [0, 0.1) is 6.92 Å². The Morgan fingerprint density at radius 2 is 1.65 bits per heavy atom. The van der Waals surface area contributed by atoms with Crippen LogP contribution in [0.15, 0.2) is 77.9 Å². The predicted molar refractivity (Wildman–Crippen MR) is 134 cm³/mol. The number of ether oxygens (including phenoxy) is 2. The molecule has 0 spiro atoms. The van der Waals surface area contributed by atoms with E-state index in [-0.39, 0.29) is 5.75 Å². The number of aryl methyl sites for hydroxylation is 1. The van der Waals surface area contributed by atoms with Crippen molar-refractivity contribution < 1.29 is 14.6 Å². The zero-order valence-electron chi connectivity index (χ0n) is 19.3. The highest BCUT2D eigenvalue weighted by Gasteiger charge is 2.12. The standard InChI is InChI=1S/C27H26N4O3/c1-18-8-11-20(12-9-18)23-16-22(15-21-6-4-5-7-25(21)33-2)27(31-29-23)30-28-17-19-10-13-24(32)26(14-19)34-3/h4-14,16-17,32H,15H2,1-3H3,(H,30,31)/b28-17+. The van der Waals surface area contributed by atoms with Crippen LogP contribution in [0.2, 0.25) is 0 Å². The number of aromatic hydroxyl groups is 1. The molecule has 0 unspecified atom stereocenters. The number of para-hydroxylation sites is 1. The van der Waals surface area contributed by atoms with E-state index in [4.69, 9.17) is 9.47 Å². The van der Waals surface area contributed by atoms with Gasteiger partial charge in [0, 0.05) is 17.5 Å². The van der Waals surface area contributed by atoms with Crippen LogP contribution in [0.25, 0.3) is 11.3 Å². The number of hydrazone groups is 1. The summed E-state index contributed by atoms with van der Waals surface area (Å²) < 4.78 is 10.7. The third-order valence-corrected chi connectivity index (χ3v) is 5.38. The Morgan fingerprint density at radius 1 is 0.882 bits per heavy atom. The lowest BCUT2D eigenvalue weighted by molar-refractivity contribution is 0.373. The van der Waals surface area contributed by atoms with Crippen molar-refractivity contribution >= 4 is 12.0 Å². The van der Waals surface area contributed by atoms with E-state index in [1.54, 1.807) is 31.5 Å². The molecule has 0 bridgehead atoms. The number of hydrogen-bond donors (Lipinski definition) is 2. The average Bonchev–Trinajstić information content (AvgIpc) is 2.86. The first-order chi connectivity index (χ1) is 16.6. The molecule has 0 radical (unpaired) electrons. The molecule has 1 heterocycles. The SMILES string of the molecule is COc1cc(/C=N/Nc2nnc(-c3ccc(C)cc3)cc2Cc2ccccc2OC)ccc1O. The Hall–Kier alpha value is -4.39. The summed E-state index contributed by atoms with van der Waals surface area (Å²) in [6.07, 6.45) is 2.22. The van der Waals surface area contributed by atoms with Gasteiger partial charge < -0.3 is 14.6 Å². The van der Waals surface area contributed by atoms with Gasteiger partial charge in [0.25, 0.3) is 0 Å². The van der Waals surface area contributed by atoms with E-state index in [0.717, 1.165) is 33.7 Å². The molecule has 2 N–H and O–H groups in total. The van der Waals surface area contributed by atoms with Gasteiger partial charge in [0.15, 0.2) is 17.3 Å². The molecular weight excluding hydrogens is 428 g/mol. The first-order valence-corrected chi connectivity index (χ1v) is 10.8. The fraction of sp³-hybridized carbons (Fsp3) is 0.148. The summed E-state index contributed by atoms with van der Waals surface area (Å²) in [7, 11) is 3.17. The van der Waals surface area contributed by atoms with Crippen LogP contribution in [-0.4, -0.2) is 35.7 Å². The van der Waals surface area contributed by atoms with Crippen LogP contribution < -0.4 is 14.9 Å². The van der Waals surface area contributed by atoms with Gasteiger partial charge >= 0.3 is 0 Å². The van der Waals surface area contributed by atoms with Gasteiger partial charge in [-0.05, 0) is 48.4 Å². The van der Waals surface area contributed by atoms with Crippen molar-refractivity contribution in [3.63, 3.8) is 0 Å². The highest BCUT2D eigenvalue weighted by molar-refractivity contribution is 5.81. The van der Waals surface area contributed by atoms with Gasteiger partial charge in [-0.3, -0.25) is 5.43 Å². The Labute approximate surface area is 198 Å². The molecule has 0 fully saturated rings. The summed E-state index contributed by atoms with van der Waals surface area (Å²) in [6.45, 7) is 2.05. The molecule has 4 aromatic rings. The summed E-state index contributed by atoms with van der Waals surface area (Å²) in [4.78, 5) is 0. The van der Waals surface area contributed by atoms with Gasteiger partial charge in [-0.1, -0.05) is 48.0 Å². The van der Waals surface area contributed by atoms with Crippen molar-refractivity contribution in [3.8, 4) is 28.5 Å². The molecule has 34 heavy (non-hydrogen) atoms. The molecule has 0 amide bonds. The van der Waals surface area contributed by atoms with Crippen molar-refractivity contribution in [3.05, 3.63) is 95.1 Å². The maximum atomic E-state index is 9.78. The van der Waals surface area contributed by atoms with Gasteiger partial charge in [0.2, 0.25) is 0 Å². The Balaban J connectivity index is 1.65. The molecule has 0 aliphatic rings. The first-order valence-electron chi connectivity index (χ1n) is 10.8. The number of nitrogens with one attached hydrogen (secondary N) is 1. The van der Waals surface area contributed by atoms with Crippen molar-refractivity contribution in [2.75, 3.05) is 19.6 Å². The summed E-state index contributed by atoms with van der Waals surface area (Å²) in [5.74, 6) is 1.80. The van der Waals surface area contributed by atoms with E-state index in [1.807, 2.05) is 42.5 Å². The number of anilines is 1. The fourth-order valence-electron chi connectivity index (χ4n) is 3.52. The van der Waals surface area contributed by atoms with Crippen LogP contribution >= 0.6 is 0 Å². The molecule has 4 rings (SSSR count). The van der Waals surface area contributed by atoms with E-state index >= 15 is 0 Å². The largest absolute Gasteiger partial charge is 0.504 e. The second-order valence-electron chi connectivity index (χ2n) is 7.76. The maximum Gasteiger partial charge on any atom is 0.172 e. The molecule has 7 nitrogen and oxygen atoms in total. The lowest BCUT2D eigenvalue weighted by Crippen LogP contribution is -2.04. The van der Waals surface area contributed by atoms with Crippen LogP contribution in [0.5, 0.6) is 17.2 Å². The van der Waals surface area contributed by atoms with Gasteiger partial charge in [0.05, 0.1) is 26.1 Å². The normalized spacial score (nSPS) is 10.9. The van der Waals surface area contributed by atoms with E-state index in [0.29, 0.717) is 18.0 Å². The molecule has 1 aromatic heterocycles. The molecule has 3 aromatic carbocycles. The average molecular weight is 455 g/mol. The molecule has 0 saturated carbocycles. The zero-order chi connectivity index (χ0) is 23.9. The van der Waals surface area contributed by atoms with Gasteiger partial charge in [0.1, 0.15) is 5.75 Å². The number of phenolic OH excluding ortho intramolecular Hbond substituents is 1. The number of hydrogen-bond acceptors (Lipinski definition) is 7. The Kier molecular flexibility index (Phi) is 7.03. The minimum Gasteiger partial charge on any atom is -0.504 e. The van der Waals surface area contributed by atoms with Crippen LogP contribution in [0.3, 0.4) is 0 Å². The second kappa shape index (κ2) is 10.5. The topological polar surface area (TPSA) is 88.9 Å². The lowest BCUT2D eigenvalue weighted by atomic mass is 10.0. The monoisotopic (exact) mass is 454 g/mol. The van der Waals surface area contributed by atoms with Gasteiger partial charge in [-0.25, -0.2) is 0 Å². The smallest absolute Gasteiger partial charge is 0.172 e. The molecule has 0 atom stereocenters. The summed E-state index contributed by atoms with van der Waals surface area (Å²) in [5, 5.41) is 23.0. The molecule has 0 saturated heterocycles. The van der Waals surface area contributed by atoms with Crippen molar-refractivity contribution in [1.29, 1.82) is 0 Å². The van der Waals surface area contributed by atoms with E-state index in [9.17, 15) is 5.11 Å². The van der Waals surface area contributed by atoms with Crippen molar-refractivity contribution in [2.45, 2.75) is 13.3 Å². The van der Waals surface area contributed by atoms with Gasteiger partial charge in [-0.15, -0.1) is 10.2 Å². The highest BCUT2D eigenvalue weighted by atomic mass is 16.5. The number of benzene rings is 3. The first kappa shape index (κ1) is 22.8. The Morgan fingerprint density at radius 3 is 2.41 bits per heavy atom. The quantitative estimate of drug-likeness (QED) is 0.281. The number of phenols is 1. The highest BCUT2D eigenvalue weighted by Crippen LogP contribution is 2.28. The number of rotatable bonds is 8. The second-order valence-corrected chi connectivity index (χ2v) is 7.76. The number of aromatic nitrogens is 2. The van der Waals surface area contributed by atoms with Crippen LogP contribution in [0.4, 0.5) is 5.82 Å².